The van der Waals surface area contributed by atoms with Crippen molar-refractivity contribution in [1.29, 1.82) is 0 Å². The summed E-state index contributed by atoms with van der Waals surface area (Å²) in [5.41, 5.74) is 6.14. The Morgan fingerprint density at radius 2 is 1.53 bits per heavy atom. The highest BCUT2D eigenvalue weighted by Crippen LogP contribution is 2.25. The van der Waals surface area contributed by atoms with Gasteiger partial charge in [-0.25, -0.2) is 0 Å². The molecule has 1 aromatic rings. The van der Waals surface area contributed by atoms with Crippen molar-refractivity contribution in [2.75, 3.05) is 0 Å². The Hall–Kier alpha value is -0.780. The maximum atomic E-state index is 2.34. The van der Waals surface area contributed by atoms with Gasteiger partial charge in [0.05, 0.1) is 0 Å². The van der Waals surface area contributed by atoms with Gasteiger partial charge in [0.1, 0.15) is 0 Å². The first-order valence-electron chi connectivity index (χ1n) is 5.36. The molecule has 0 bridgehead atoms. The lowest BCUT2D eigenvalue weighted by Crippen LogP contribution is -1.88. The van der Waals surface area contributed by atoms with Crippen molar-refractivity contribution in [2.45, 2.75) is 61.8 Å². The van der Waals surface area contributed by atoms with E-state index in [1.807, 2.05) is 13.8 Å². The fourth-order valence-electron chi connectivity index (χ4n) is 2.12. The first-order chi connectivity index (χ1) is 6.27. The summed E-state index contributed by atoms with van der Waals surface area (Å²) in [6.45, 7) is 8.42. The molecule has 0 spiro atoms. The maximum Gasteiger partial charge on any atom is -0.0270 e. The molecular weight excluding hydrogens is 180 g/mol. The van der Waals surface area contributed by atoms with E-state index in [2.05, 4.69) is 26.0 Å². The number of hydrogen-bond acceptors (Lipinski definition) is 0. The van der Waals surface area contributed by atoms with Crippen LogP contribution in [0.15, 0.2) is 12.1 Å². The van der Waals surface area contributed by atoms with Crippen LogP contribution in [0.5, 0.6) is 0 Å². The van der Waals surface area contributed by atoms with Crippen LogP contribution in [-0.2, 0) is 12.8 Å². The normalized spacial score (nSPS) is 11.5. The quantitative estimate of drug-likeness (QED) is 0.557. The van der Waals surface area contributed by atoms with Crippen molar-refractivity contribution in [1.82, 2.24) is 0 Å². The third-order valence-corrected chi connectivity index (χ3v) is 2.58. The molecule has 0 saturated heterocycles. The molecule has 0 N–H and O–H groups in total. The number of hydrogen-bond donors (Lipinski definition) is 0. The molecule has 0 radical (unpaired) electrons. The molecule has 0 aliphatic heterocycles. The molecule has 0 amide bonds. The zero-order valence-electron chi connectivity index (χ0n) is 9.28. The molecule has 0 heteroatoms. The van der Waals surface area contributed by atoms with Crippen LogP contribution >= 0.6 is 0 Å². The average molecular weight is 208 g/mol. The molecular formula is C15H28. The summed E-state index contributed by atoms with van der Waals surface area (Å²) in [7, 11) is 0. The van der Waals surface area contributed by atoms with Crippen LogP contribution in [0, 0.1) is 13.8 Å². The van der Waals surface area contributed by atoms with Gasteiger partial charge >= 0.3 is 0 Å². The minimum Gasteiger partial charge on any atom is -0.0776 e. The monoisotopic (exact) mass is 208 g/mol. The molecule has 88 valence electrons. The van der Waals surface area contributed by atoms with E-state index in [9.17, 15) is 0 Å². The minimum atomic E-state index is 0. The minimum absolute atomic E-state index is 0. The molecule has 1 aliphatic rings. The van der Waals surface area contributed by atoms with Gasteiger partial charge in [-0.2, -0.15) is 0 Å². The third kappa shape index (κ3) is 3.70. The van der Waals surface area contributed by atoms with Gasteiger partial charge < -0.3 is 0 Å². The Balaban J connectivity index is 0. The molecule has 0 nitrogen and oxygen atoms in total. The molecule has 0 heterocycles. The van der Waals surface area contributed by atoms with E-state index in [0.29, 0.717) is 0 Å². The van der Waals surface area contributed by atoms with Gasteiger partial charge in [-0.1, -0.05) is 46.4 Å². The second-order valence-corrected chi connectivity index (χ2v) is 3.57. The number of fused-ring (bicyclic) bond motifs is 1. The SMILES string of the molecule is C.C.CC.Cc1cc(C)c2c(c1)CCC2. The van der Waals surface area contributed by atoms with Crippen LogP contribution < -0.4 is 0 Å². The van der Waals surface area contributed by atoms with Crippen molar-refractivity contribution in [3.8, 4) is 0 Å². The van der Waals surface area contributed by atoms with Crippen molar-refractivity contribution < 1.29 is 0 Å². The highest BCUT2D eigenvalue weighted by molar-refractivity contribution is 5.40. The Bertz CT molecular complexity index is 284. The van der Waals surface area contributed by atoms with E-state index in [0.717, 1.165) is 0 Å². The van der Waals surface area contributed by atoms with Gasteiger partial charge in [-0.05, 0) is 49.8 Å². The van der Waals surface area contributed by atoms with E-state index < -0.39 is 0 Å². The summed E-state index contributed by atoms with van der Waals surface area (Å²) in [5, 5.41) is 0. The van der Waals surface area contributed by atoms with Gasteiger partial charge in [-0.3, -0.25) is 0 Å². The lowest BCUT2D eigenvalue weighted by molar-refractivity contribution is 0.909. The topological polar surface area (TPSA) is 0 Å². The van der Waals surface area contributed by atoms with Crippen molar-refractivity contribution >= 4 is 0 Å². The van der Waals surface area contributed by atoms with Crippen LogP contribution in [0.25, 0.3) is 0 Å². The molecule has 0 fully saturated rings. The lowest BCUT2D eigenvalue weighted by atomic mass is 10.0. The summed E-state index contributed by atoms with van der Waals surface area (Å²) in [4.78, 5) is 0. The first-order valence-corrected chi connectivity index (χ1v) is 5.36. The fourth-order valence-corrected chi connectivity index (χ4v) is 2.12. The molecule has 1 aliphatic carbocycles. The summed E-state index contributed by atoms with van der Waals surface area (Å²) >= 11 is 0. The zero-order chi connectivity index (χ0) is 9.84. The van der Waals surface area contributed by atoms with E-state index >= 15 is 0 Å². The van der Waals surface area contributed by atoms with E-state index in [-0.39, 0.29) is 14.9 Å². The Morgan fingerprint density at radius 1 is 0.933 bits per heavy atom. The van der Waals surface area contributed by atoms with Gasteiger partial charge in [0.2, 0.25) is 0 Å². The van der Waals surface area contributed by atoms with Gasteiger partial charge in [0.25, 0.3) is 0 Å². The summed E-state index contributed by atoms with van der Waals surface area (Å²) in [6.07, 6.45) is 3.97. The molecule has 0 atom stereocenters. The molecule has 0 saturated carbocycles. The molecule has 0 unspecified atom stereocenters. The summed E-state index contributed by atoms with van der Waals surface area (Å²) in [6, 6.07) is 4.64. The van der Waals surface area contributed by atoms with Crippen LogP contribution in [0.2, 0.25) is 0 Å². The van der Waals surface area contributed by atoms with Crippen molar-refractivity contribution in [3.05, 3.63) is 34.4 Å². The van der Waals surface area contributed by atoms with E-state index in [4.69, 9.17) is 0 Å². The molecule has 0 aromatic heterocycles. The van der Waals surface area contributed by atoms with Crippen LogP contribution in [0.1, 0.15) is 57.4 Å². The highest BCUT2D eigenvalue weighted by atomic mass is 14.2. The molecule has 2 rings (SSSR count). The average Bonchev–Trinajstić information content (AvgIpc) is 2.55. The standard InChI is InChI=1S/C11H14.C2H6.2CH4/c1-8-6-9(2)11-5-3-4-10(11)7-8;1-2;;/h6-7H,3-5H2,1-2H3;1-2H3;2*1H4. The predicted molar refractivity (Wildman–Crippen MR) is 72.8 cm³/mol. The third-order valence-electron chi connectivity index (χ3n) is 2.58. The van der Waals surface area contributed by atoms with Crippen LogP contribution in [-0.4, -0.2) is 0 Å². The van der Waals surface area contributed by atoms with Gasteiger partial charge in [-0.15, -0.1) is 0 Å². The van der Waals surface area contributed by atoms with Crippen molar-refractivity contribution in [2.24, 2.45) is 0 Å². The Morgan fingerprint density at radius 3 is 2.13 bits per heavy atom. The number of rotatable bonds is 0. The molecule has 15 heavy (non-hydrogen) atoms. The summed E-state index contributed by atoms with van der Waals surface area (Å²) in [5.74, 6) is 0. The van der Waals surface area contributed by atoms with Crippen LogP contribution in [0.3, 0.4) is 0 Å². The van der Waals surface area contributed by atoms with Crippen molar-refractivity contribution in [3.63, 3.8) is 0 Å². The van der Waals surface area contributed by atoms with E-state index in [1.54, 1.807) is 11.1 Å². The maximum absolute atomic E-state index is 2.34. The fraction of sp³-hybridized carbons (Fsp3) is 0.600. The highest BCUT2D eigenvalue weighted by Gasteiger charge is 2.12. The second kappa shape index (κ2) is 7.50. The number of aryl methyl sites for hydroxylation is 3. The predicted octanol–water partition coefficient (Wildman–Crippen LogP) is 5.09. The van der Waals surface area contributed by atoms with Crippen LogP contribution in [0.4, 0.5) is 0 Å². The molecule has 1 aromatic carbocycles. The smallest absolute Gasteiger partial charge is 0.0270 e. The van der Waals surface area contributed by atoms with Gasteiger partial charge in [0.15, 0.2) is 0 Å². The number of benzene rings is 1. The largest absolute Gasteiger partial charge is 0.0776 e. The zero-order valence-corrected chi connectivity index (χ0v) is 9.28. The summed E-state index contributed by atoms with van der Waals surface area (Å²) < 4.78 is 0. The van der Waals surface area contributed by atoms with Gasteiger partial charge in [0, 0.05) is 0 Å². The Kier molecular flexibility index (Phi) is 8.33. The lowest BCUT2D eigenvalue weighted by Gasteiger charge is -2.04. The first kappa shape index (κ1) is 16.6. The second-order valence-electron chi connectivity index (χ2n) is 3.57. The van der Waals surface area contributed by atoms with E-state index in [1.165, 1.54) is 30.4 Å². The Labute approximate surface area is 96.7 Å².